The summed E-state index contributed by atoms with van der Waals surface area (Å²) in [5, 5.41) is 7.30. The standard InChI is InChI=1S/C24H26N2OS/c1-17(2)27-22-11-7-10-21(16-22)25-24(28)26-23(19-8-5-4-6-9-19)20-14-12-18(3)13-15-20/h4-17,23H,1-3H3,(H2,25,26,28)/t23-/m0/s1. The number of anilines is 1. The van der Waals surface area contributed by atoms with Gasteiger partial charge in [0.15, 0.2) is 5.11 Å². The van der Waals surface area contributed by atoms with E-state index in [1.807, 2.05) is 56.3 Å². The number of thiocarbonyl (C=S) groups is 1. The Kier molecular flexibility index (Phi) is 6.66. The van der Waals surface area contributed by atoms with Crippen molar-refractivity contribution in [1.29, 1.82) is 0 Å². The Morgan fingerprint density at radius 2 is 1.54 bits per heavy atom. The molecule has 2 N–H and O–H groups in total. The van der Waals surface area contributed by atoms with Crippen LogP contribution in [0.25, 0.3) is 0 Å². The molecule has 0 bridgehead atoms. The van der Waals surface area contributed by atoms with Crippen molar-refractivity contribution in [2.75, 3.05) is 5.32 Å². The molecule has 0 unspecified atom stereocenters. The Morgan fingerprint density at radius 1 is 0.857 bits per heavy atom. The van der Waals surface area contributed by atoms with Crippen LogP contribution in [-0.4, -0.2) is 11.2 Å². The molecule has 0 heterocycles. The second-order valence-electron chi connectivity index (χ2n) is 7.05. The van der Waals surface area contributed by atoms with Crippen molar-refractivity contribution in [2.45, 2.75) is 32.9 Å². The van der Waals surface area contributed by atoms with E-state index in [0.29, 0.717) is 5.11 Å². The maximum absolute atomic E-state index is 5.76. The van der Waals surface area contributed by atoms with Gasteiger partial charge in [0.25, 0.3) is 0 Å². The van der Waals surface area contributed by atoms with Crippen LogP contribution in [0.1, 0.15) is 36.6 Å². The van der Waals surface area contributed by atoms with Crippen LogP contribution < -0.4 is 15.4 Å². The summed E-state index contributed by atoms with van der Waals surface area (Å²) in [7, 11) is 0. The smallest absolute Gasteiger partial charge is 0.171 e. The van der Waals surface area contributed by atoms with E-state index in [-0.39, 0.29) is 12.1 Å². The Labute approximate surface area is 172 Å². The van der Waals surface area contributed by atoms with Gasteiger partial charge in [0.1, 0.15) is 5.75 Å². The predicted octanol–water partition coefficient (Wildman–Crippen LogP) is 5.86. The van der Waals surface area contributed by atoms with Crippen molar-refractivity contribution >= 4 is 23.0 Å². The molecule has 0 radical (unpaired) electrons. The molecule has 3 aromatic carbocycles. The normalized spacial score (nSPS) is 11.7. The zero-order valence-electron chi connectivity index (χ0n) is 16.5. The molecule has 3 nitrogen and oxygen atoms in total. The van der Waals surface area contributed by atoms with E-state index in [2.05, 4.69) is 54.0 Å². The molecule has 0 aromatic heterocycles. The number of ether oxygens (including phenoxy) is 1. The first-order valence-electron chi connectivity index (χ1n) is 9.47. The highest BCUT2D eigenvalue weighted by Crippen LogP contribution is 2.23. The van der Waals surface area contributed by atoms with E-state index < -0.39 is 0 Å². The van der Waals surface area contributed by atoms with Crippen LogP contribution in [0, 0.1) is 6.92 Å². The van der Waals surface area contributed by atoms with E-state index in [4.69, 9.17) is 17.0 Å². The summed E-state index contributed by atoms with van der Waals surface area (Å²) in [5.74, 6) is 0.820. The number of rotatable bonds is 6. The average Bonchev–Trinajstić information content (AvgIpc) is 2.67. The van der Waals surface area contributed by atoms with Gasteiger partial charge in [-0.3, -0.25) is 0 Å². The third-order valence-electron chi connectivity index (χ3n) is 4.28. The van der Waals surface area contributed by atoms with E-state index in [9.17, 15) is 0 Å². The van der Waals surface area contributed by atoms with Crippen LogP contribution in [0.15, 0.2) is 78.9 Å². The third-order valence-corrected chi connectivity index (χ3v) is 4.50. The minimum atomic E-state index is -0.0307. The van der Waals surface area contributed by atoms with Crippen molar-refractivity contribution in [3.8, 4) is 5.75 Å². The highest BCUT2D eigenvalue weighted by atomic mass is 32.1. The summed E-state index contributed by atoms with van der Waals surface area (Å²) in [6.45, 7) is 6.11. The molecular formula is C24H26N2OS. The summed E-state index contributed by atoms with van der Waals surface area (Å²) < 4.78 is 5.76. The van der Waals surface area contributed by atoms with Gasteiger partial charge in [-0.1, -0.05) is 66.2 Å². The van der Waals surface area contributed by atoms with Crippen molar-refractivity contribution in [2.24, 2.45) is 0 Å². The maximum atomic E-state index is 5.76. The van der Waals surface area contributed by atoms with Gasteiger partial charge in [-0.15, -0.1) is 0 Å². The fourth-order valence-corrected chi connectivity index (χ4v) is 3.22. The molecule has 3 rings (SSSR count). The largest absolute Gasteiger partial charge is 0.491 e. The minimum Gasteiger partial charge on any atom is -0.491 e. The SMILES string of the molecule is Cc1ccc([C@@H](NC(=S)Nc2cccc(OC(C)C)c2)c2ccccc2)cc1. The van der Waals surface area contributed by atoms with E-state index >= 15 is 0 Å². The number of aryl methyl sites for hydroxylation is 1. The Balaban J connectivity index is 1.77. The summed E-state index contributed by atoms with van der Waals surface area (Å²) in [5.41, 5.74) is 4.45. The minimum absolute atomic E-state index is 0.0307. The van der Waals surface area contributed by atoms with Crippen LogP contribution in [0.4, 0.5) is 5.69 Å². The first-order valence-corrected chi connectivity index (χ1v) is 9.88. The molecule has 0 aliphatic carbocycles. The lowest BCUT2D eigenvalue weighted by atomic mass is 9.98. The summed E-state index contributed by atoms with van der Waals surface area (Å²) in [6.07, 6.45) is 0.129. The Hall–Kier alpha value is -2.85. The van der Waals surface area contributed by atoms with E-state index in [0.717, 1.165) is 22.6 Å². The zero-order chi connectivity index (χ0) is 19.9. The molecule has 3 aromatic rings. The van der Waals surface area contributed by atoms with Crippen molar-refractivity contribution < 1.29 is 4.74 Å². The highest BCUT2D eigenvalue weighted by Gasteiger charge is 2.15. The van der Waals surface area contributed by atoms with Crippen LogP contribution in [0.3, 0.4) is 0 Å². The summed E-state index contributed by atoms with van der Waals surface area (Å²) >= 11 is 5.61. The van der Waals surface area contributed by atoms with Gasteiger partial charge < -0.3 is 15.4 Å². The van der Waals surface area contributed by atoms with Crippen molar-refractivity contribution in [3.05, 3.63) is 95.6 Å². The first kappa shape index (κ1) is 19.9. The molecule has 0 aliphatic heterocycles. The molecule has 0 saturated carbocycles. The van der Waals surface area contributed by atoms with E-state index in [1.54, 1.807) is 0 Å². The molecule has 144 valence electrons. The van der Waals surface area contributed by atoms with Crippen LogP contribution >= 0.6 is 12.2 Å². The molecule has 4 heteroatoms. The summed E-state index contributed by atoms with van der Waals surface area (Å²) in [6, 6.07) is 26.6. The van der Waals surface area contributed by atoms with Crippen LogP contribution in [0.2, 0.25) is 0 Å². The number of hydrogen-bond acceptors (Lipinski definition) is 2. The lowest BCUT2D eigenvalue weighted by Crippen LogP contribution is -2.33. The second kappa shape index (κ2) is 9.38. The fraction of sp³-hybridized carbons (Fsp3) is 0.208. The van der Waals surface area contributed by atoms with Gasteiger partial charge in [-0.2, -0.15) is 0 Å². The lowest BCUT2D eigenvalue weighted by molar-refractivity contribution is 0.242. The molecule has 0 spiro atoms. The van der Waals surface area contributed by atoms with Gasteiger partial charge in [-0.05, 0) is 56.2 Å². The molecule has 1 atom stereocenters. The average molecular weight is 391 g/mol. The second-order valence-corrected chi connectivity index (χ2v) is 7.46. The summed E-state index contributed by atoms with van der Waals surface area (Å²) in [4.78, 5) is 0. The molecule has 0 aliphatic rings. The monoisotopic (exact) mass is 390 g/mol. The predicted molar refractivity (Wildman–Crippen MR) is 121 cm³/mol. The molecule has 0 saturated heterocycles. The quantitative estimate of drug-likeness (QED) is 0.517. The van der Waals surface area contributed by atoms with Gasteiger partial charge in [0.2, 0.25) is 0 Å². The molecule has 28 heavy (non-hydrogen) atoms. The third kappa shape index (κ3) is 5.57. The topological polar surface area (TPSA) is 33.3 Å². The zero-order valence-corrected chi connectivity index (χ0v) is 17.3. The molecule has 0 fully saturated rings. The van der Waals surface area contributed by atoms with Gasteiger partial charge in [0, 0.05) is 11.8 Å². The first-order chi connectivity index (χ1) is 13.5. The van der Waals surface area contributed by atoms with Crippen LogP contribution in [0.5, 0.6) is 5.75 Å². The lowest BCUT2D eigenvalue weighted by Gasteiger charge is -2.22. The maximum Gasteiger partial charge on any atom is 0.171 e. The Morgan fingerprint density at radius 3 is 2.21 bits per heavy atom. The van der Waals surface area contributed by atoms with Crippen molar-refractivity contribution in [1.82, 2.24) is 5.32 Å². The Bertz CT molecular complexity index is 907. The molecule has 0 amide bonds. The number of nitrogens with one attached hydrogen (secondary N) is 2. The van der Waals surface area contributed by atoms with Gasteiger partial charge >= 0.3 is 0 Å². The van der Waals surface area contributed by atoms with Gasteiger partial charge in [0.05, 0.1) is 12.1 Å². The number of hydrogen-bond donors (Lipinski definition) is 2. The molecular weight excluding hydrogens is 364 g/mol. The highest BCUT2D eigenvalue weighted by molar-refractivity contribution is 7.80. The van der Waals surface area contributed by atoms with Gasteiger partial charge in [-0.25, -0.2) is 0 Å². The van der Waals surface area contributed by atoms with E-state index in [1.165, 1.54) is 5.56 Å². The number of benzene rings is 3. The van der Waals surface area contributed by atoms with Crippen molar-refractivity contribution in [3.63, 3.8) is 0 Å². The van der Waals surface area contributed by atoms with Crippen LogP contribution in [-0.2, 0) is 0 Å². The fourth-order valence-electron chi connectivity index (χ4n) is 2.98.